The van der Waals surface area contributed by atoms with Gasteiger partial charge >= 0.3 is 5.82 Å². The van der Waals surface area contributed by atoms with Gasteiger partial charge in [0.1, 0.15) is 6.20 Å². The summed E-state index contributed by atoms with van der Waals surface area (Å²) in [5.74, 6) is -0.204. The Bertz CT molecular complexity index is 180. The van der Waals surface area contributed by atoms with Crippen LogP contribution in [-0.4, -0.2) is 15.1 Å². The molecular formula is C3H2N3O2. The maximum Gasteiger partial charge on any atom is 0.390 e. The molecule has 5 heteroatoms. The SMILES string of the molecule is O=[N+]([O-])c1c[c][nH]n1. The van der Waals surface area contributed by atoms with Gasteiger partial charge in [0, 0.05) is 0 Å². The first-order chi connectivity index (χ1) is 3.80. The van der Waals surface area contributed by atoms with Gasteiger partial charge in [-0.3, -0.25) is 0 Å². The minimum Gasteiger partial charge on any atom is -0.358 e. The molecule has 5 nitrogen and oxygen atoms in total. The summed E-state index contributed by atoms with van der Waals surface area (Å²) in [5, 5.41) is 15.2. The van der Waals surface area contributed by atoms with E-state index in [0.29, 0.717) is 0 Å². The van der Waals surface area contributed by atoms with E-state index in [1.165, 1.54) is 6.07 Å². The minimum absolute atomic E-state index is 0.204. The van der Waals surface area contributed by atoms with Crippen molar-refractivity contribution in [2.75, 3.05) is 0 Å². The van der Waals surface area contributed by atoms with E-state index >= 15 is 0 Å². The Labute approximate surface area is 44.5 Å². The zero-order valence-electron chi connectivity index (χ0n) is 3.79. The Morgan fingerprint density at radius 3 is 3.00 bits per heavy atom. The number of hydrogen-bond acceptors (Lipinski definition) is 3. The van der Waals surface area contributed by atoms with Crippen LogP contribution in [0, 0.1) is 16.3 Å². The maximum absolute atomic E-state index is 9.77. The van der Waals surface area contributed by atoms with E-state index in [-0.39, 0.29) is 5.82 Å². The Morgan fingerprint density at radius 1 is 2.00 bits per heavy atom. The fourth-order valence-corrected chi connectivity index (χ4v) is 0.312. The van der Waals surface area contributed by atoms with Crippen LogP contribution in [0.1, 0.15) is 0 Å². The maximum atomic E-state index is 9.77. The van der Waals surface area contributed by atoms with Crippen molar-refractivity contribution >= 4 is 5.82 Å². The van der Waals surface area contributed by atoms with E-state index in [1.54, 1.807) is 0 Å². The second kappa shape index (κ2) is 1.61. The molecule has 0 aromatic carbocycles. The van der Waals surface area contributed by atoms with Crippen molar-refractivity contribution in [3.8, 4) is 0 Å². The fraction of sp³-hybridized carbons (Fsp3) is 0. The Kier molecular flexibility index (Phi) is 0.957. The Morgan fingerprint density at radius 2 is 2.75 bits per heavy atom. The summed E-state index contributed by atoms with van der Waals surface area (Å²) in [5.41, 5.74) is 0. The third kappa shape index (κ3) is 0.651. The molecule has 1 radical (unpaired) electrons. The first-order valence-corrected chi connectivity index (χ1v) is 1.86. The van der Waals surface area contributed by atoms with Crippen LogP contribution in [-0.2, 0) is 0 Å². The number of H-pyrrole nitrogens is 1. The number of aromatic nitrogens is 2. The first kappa shape index (κ1) is 4.76. The van der Waals surface area contributed by atoms with Gasteiger partial charge in [-0.1, -0.05) is 0 Å². The number of rotatable bonds is 1. The first-order valence-electron chi connectivity index (χ1n) is 1.86. The quantitative estimate of drug-likeness (QED) is 0.414. The van der Waals surface area contributed by atoms with E-state index in [2.05, 4.69) is 16.4 Å². The number of nitrogens with zero attached hydrogens (tertiary/aromatic N) is 2. The summed E-state index contributed by atoms with van der Waals surface area (Å²) in [6.07, 6.45) is 2.33. The lowest BCUT2D eigenvalue weighted by Crippen LogP contribution is -1.86. The van der Waals surface area contributed by atoms with Crippen molar-refractivity contribution in [1.82, 2.24) is 10.2 Å². The van der Waals surface area contributed by atoms with Gasteiger partial charge in [-0.15, -0.1) is 0 Å². The molecule has 0 aliphatic carbocycles. The van der Waals surface area contributed by atoms with Gasteiger partial charge in [-0.2, -0.15) is 5.10 Å². The summed E-state index contributed by atoms with van der Waals surface area (Å²) in [4.78, 5) is 9.17. The van der Waals surface area contributed by atoms with Crippen LogP contribution in [0.15, 0.2) is 6.07 Å². The average Bonchev–Trinajstić information content (AvgIpc) is 2.12. The summed E-state index contributed by atoms with van der Waals surface area (Å²) < 4.78 is 0. The van der Waals surface area contributed by atoms with Crippen molar-refractivity contribution in [2.24, 2.45) is 0 Å². The van der Waals surface area contributed by atoms with E-state index in [4.69, 9.17) is 0 Å². The van der Waals surface area contributed by atoms with Crippen LogP contribution in [0.5, 0.6) is 0 Å². The third-order valence-electron chi connectivity index (χ3n) is 0.623. The predicted molar refractivity (Wildman–Crippen MR) is 24.1 cm³/mol. The highest BCUT2D eigenvalue weighted by molar-refractivity contribution is 5.11. The molecular weight excluding hydrogens is 110 g/mol. The third-order valence-corrected chi connectivity index (χ3v) is 0.623. The molecule has 0 spiro atoms. The standard InChI is InChI=1S/C3H2N3O2/c7-6(8)3-1-2-4-5-3/h1H,(H,4,5). The zero-order valence-corrected chi connectivity index (χ0v) is 3.79. The molecule has 0 saturated carbocycles. The highest BCUT2D eigenvalue weighted by atomic mass is 16.6. The van der Waals surface area contributed by atoms with Gasteiger partial charge in [0.15, 0.2) is 0 Å². The summed E-state index contributed by atoms with van der Waals surface area (Å²) in [7, 11) is 0. The van der Waals surface area contributed by atoms with Crippen LogP contribution in [0.25, 0.3) is 0 Å². The molecule has 1 heterocycles. The lowest BCUT2D eigenvalue weighted by atomic mass is 10.7. The molecule has 0 bridgehead atoms. The zero-order chi connectivity index (χ0) is 5.98. The monoisotopic (exact) mass is 112 g/mol. The van der Waals surface area contributed by atoms with Crippen molar-refractivity contribution in [3.05, 3.63) is 22.4 Å². The summed E-state index contributed by atoms with van der Waals surface area (Å²) >= 11 is 0. The fourth-order valence-electron chi connectivity index (χ4n) is 0.312. The number of nitrogens with one attached hydrogen (secondary N) is 1. The van der Waals surface area contributed by atoms with E-state index in [0.717, 1.165) is 0 Å². The van der Waals surface area contributed by atoms with Gasteiger partial charge in [-0.05, 0) is 4.92 Å². The topological polar surface area (TPSA) is 71.8 Å². The lowest BCUT2D eigenvalue weighted by Gasteiger charge is -1.80. The highest BCUT2D eigenvalue weighted by Gasteiger charge is 2.03. The Hall–Kier alpha value is -1.39. The molecule has 0 aliphatic heterocycles. The molecule has 41 valence electrons. The van der Waals surface area contributed by atoms with Gasteiger partial charge in [0.2, 0.25) is 0 Å². The molecule has 0 amide bonds. The molecule has 0 aliphatic rings. The predicted octanol–water partition coefficient (Wildman–Crippen LogP) is 0.118. The molecule has 1 aromatic heterocycles. The largest absolute Gasteiger partial charge is 0.390 e. The van der Waals surface area contributed by atoms with E-state index in [9.17, 15) is 10.1 Å². The molecule has 0 atom stereocenters. The van der Waals surface area contributed by atoms with Crippen LogP contribution < -0.4 is 0 Å². The molecule has 1 rings (SSSR count). The van der Waals surface area contributed by atoms with Crippen LogP contribution >= 0.6 is 0 Å². The van der Waals surface area contributed by atoms with Crippen molar-refractivity contribution in [1.29, 1.82) is 0 Å². The van der Waals surface area contributed by atoms with E-state index in [1.807, 2.05) is 0 Å². The van der Waals surface area contributed by atoms with E-state index < -0.39 is 4.92 Å². The Balaban J connectivity index is 2.93. The normalized spacial score (nSPS) is 9.00. The lowest BCUT2D eigenvalue weighted by molar-refractivity contribution is -0.389. The molecule has 1 aromatic rings. The summed E-state index contributed by atoms with van der Waals surface area (Å²) in [6.45, 7) is 0. The number of hydrogen-bond donors (Lipinski definition) is 1. The van der Waals surface area contributed by atoms with Gasteiger partial charge in [-0.25, -0.2) is 0 Å². The molecule has 8 heavy (non-hydrogen) atoms. The molecule has 1 N–H and O–H groups in total. The van der Waals surface area contributed by atoms with Gasteiger partial charge < -0.3 is 10.1 Å². The highest BCUT2D eigenvalue weighted by Crippen LogP contribution is 1.99. The molecule has 0 saturated heterocycles. The van der Waals surface area contributed by atoms with Crippen LogP contribution in [0.2, 0.25) is 0 Å². The molecule has 0 unspecified atom stereocenters. The number of aromatic amines is 1. The summed E-state index contributed by atoms with van der Waals surface area (Å²) in [6, 6.07) is 1.17. The smallest absolute Gasteiger partial charge is 0.358 e. The second-order valence-corrected chi connectivity index (χ2v) is 1.13. The van der Waals surface area contributed by atoms with Crippen molar-refractivity contribution in [3.63, 3.8) is 0 Å². The molecule has 0 fully saturated rings. The van der Waals surface area contributed by atoms with Crippen molar-refractivity contribution in [2.45, 2.75) is 0 Å². The number of nitro groups is 1. The average molecular weight is 112 g/mol. The van der Waals surface area contributed by atoms with Gasteiger partial charge in [0.25, 0.3) is 0 Å². The van der Waals surface area contributed by atoms with Crippen LogP contribution in [0.4, 0.5) is 5.82 Å². The van der Waals surface area contributed by atoms with Crippen molar-refractivity contribution < 1.29 is 4.92 Å². The second-order valence-electron chi connectivity index (χ2n) is 1.13. The minimum atomic E-state index is -0.590. The van der Waals surface area contributed by atoms with Gasteiger partial charge in [0.05, 0.1) is 11.2 Å². The van der Waals surface area contributed by atoms with Crippen LogP contribution in [0.3, 0.4) is 0 Å².